The fourth-order valence-electron chi connectivity index (χ4n) is 4.34. The van der Waals surface area contributed by atoms with Gasteiger partial charge in [0.25, 0.3) is 0 Å². The molecule has 0 aliphatic carbocycles. The summed E-state index contributed by atoms with van der Waals surface area (Å²) in [5, 5.41) is 3.47. The van der Waals surface area contributed by atoms with Gasteiger partial charge in [-0.25, -0.2) is 4.39 Å². The van der Waals surface area contributed by atoms with Gasteiger partial charge in [-0.3, -0.25) is 4.99 Å². The fourth-order valence-corrected chi connectivity index (χ4v) is 4.34. The van der Waals surface area contributed by atoms with Crippen molar-refractivity contribution in [3.63, 3.8) is 0 Å². The third-order valence-corrected chi connectivity index (χ3v) is 5.92. The Bertz CT molecular complexity index is 670. The molecule has 170 valence electrons. The largest absolute Gasteiger partial charge is 0.367 e. The van der Waals surface area contributed by atoms with Crippen molar-refractivity contribution in [3.8, 4) is 0 Å². The first-order valence-corrected chi connectivity index (χ1v) is 11.1. The molecule has 3 unspecified atom stereocenters. The number of aliphatic imine (C=N–C) groups is 1. The molecule has 0 aromatic heterocycles. The van der Waals surface area contributed by atoms with Crippen LogP contribution in [-0.2, 0) is 4.74 Å². The molecule has 0 saturated carbocycles. The van der Waals surface area contributed by atoms with Crippen LogP contribution < -0.4 is 5.32 Å². The molecule has 0 radical (unpaired) electrons. The molecule has 2 fully saturated rings. The van der Waals surface area contributed by atoms with Crippen LogP contribution in [0.25, 0.3) is 0 Å². The molecule has 2 heterocycles. The van der Waals surface area contributed by atoms with Gasteiger partial charge in [-0.1, -0.05) is 12.1 Å². The molecule has 0 bridgehead atoms. The summed E-state index contributed by atoms with van der Waals surface area (Å²) < 4.78 is 19.5. The summed E-state index contributed by atoms with van der Waals surface area (Å²) in [5.41, 5.74) is 1.01. The Kier molecular flexibility index (Phi) is 10.3. The van der Waals surface area contributed by atoms with Gasteiger partial charge in [-0.2, -0.15) is 0 Å². The quantitative estimate of drug-likeness (QED) is 0.349. The van der Waals surface area contributed by atoms with Gasteiger partial charge < -0.3 is 19.9 Å². The van der Waals surface area contributed by atoms with Crippen LogP contribution in [0.15, 0.2) is 29.3 Å². The van der Waals surface area contributed by atoms with Gasteiger partial charge in [0.15, 0.2) is 5.96 Å². The van der Waals surface area contributed by atoms with E-state index in [0.717, 1.165) is 44.2 Å². The number of halogens is 2. The summed E-state index contributed by atoms with van der Waals surface area (Å²) in [5.74, 6) is 1.37. The monoisotopic (exact) mass is 532 g/mol. The first-order chi connectivity index (χ1) is 14.0. The van der Waals surface area contributed by atoms with E-state index < -0.39 is 0 Å². The maximum atomic E-state index is 13.3. The Morgan fingerprint density at radius 1 is 1.23 bits per heavy atom. The van der Waals surface area contributed by atoms with Gasteiger partial charge >= 0.3 is 0 Å². The highest BCUT2D eigenvalue weighted by atomic mass is 127. The average molecular weight is 532 g/mol. The zero-order valence-electron chi connectivity index (χ0n) is 18.8. The molecule has 2 saturated heterocycles. The number of piperidine rings is 1. The van der Waals surface area contributed by atoms with Crippen molar-refractivity contribution in [3.05, 3.63) is 35.6 Å². The minimum Gasteiger partial charge on any atom is -0.367 e. The SMILES string of the molecule is CCNC(=NCC1CCCN(C(C)C)C1)N1CC(C)OC(c2ccc(F)cc2)C1.I. The van der Waals surface area contributed by atoms with E-state index in [1.165, 1.54) is 31.5 Å². The third kappa shape index (κ3) is 7.05. The average Bonchev–Trinajstić information content (AvgIpc) is 2.71. The van der Waals surface area contributed by atoms with Crippen LogP contribution >= 0.6 is 24.0 Å². The second-order valence-corrected chi connectivity index (χ2v) is 8.68. The molecule has 1 N–H and O–H groups in total. The van der Waals surface area contributed by atoms with Crippen LogP contribution in [0.2, 0.25) is 0 Å². The van der Waals surface area contributed by atoms with Crippen LogP contribution in [0.4, 0.5) is 4.39 Å². The first-order valence-electron chi connectivity index (χ1n) is 11.1. The Morgan fingerprint density at radius 2 is 1.97 bits per heavy atom. The van der Waals surface area contributed by atoms with Crippen molar-refractivity contribution < 1.29 is 9.13 Å². The predicted octanol–water partition coefficient (Wildman–Crippen LogP) is 4.29. The summed E-state index contributed by atoms with van der Waals surface area (Å²) in [4.78, 5) is 9.89. The van der Waals surface area contributed by atoms with Gasteiger partial charge in [-0.15, -0.1) is 24.0 Å². The third-order valence-electron chi connectivity index (χ3n) is 5.92. The Balaban J connectivity index is 0.00000320. The van der Waals surface area contributed by atoms with Crippen molar-refractivity contribution in [1.29, 1.82) is 0 Å². The van der Waals surface area contributed by atoms with E-state index in [1.807, 2.05) is 12.1 Å². The van der Waals surface area contributed by atoms with Gasteiger partial charge in [0.2, 0.25) is 0 Å². The highest BCUT2D eigenvalue weighted by Gasteiger charge is 2.29. The number of guanidine groups is 1. The highest BCUT2D eigenvalue weighted by Crippen LogP contribution is 2.26. The molecule has 1 aromatic carbocycles. The molecule has 1 aromatic rings. The highest BCUT2D eigenvalue weighted by molar-refractivity contribution is 14.0. The van der Waals surface area contributed by atoms with Crippen LogP contribution in [-0.4, -0.2) is 67.2 Å². The van der Waals surface area contributed by atoms with Crippen molar-refractivity contribution in [1.82, 2.24) is 15.1 Å². The zero-order chi connectivity index (χ0) is 20.8. The number of benzene rings is 1. The smallest absolute Gasteiger partial charge is 0.194 e. The minimum absolute atomic E-state index is 0. The van der Waals surface area contributed by atoms with E-state index in [-0.39, 0.29) is 42.0 Å². The van der Waals surface area contributed by atoms with E-state index in [1.54, 1.807) is 0 Å². The van der Waals surface area contributed by atoms with E-state index >= 15 is 0 Å². The van der Waals surface area contributed by atoms with Crippen molar-refractivity contribution in [2.45, 2.75) is 58.8 Å². The van der Waals surface area contributed by atoms with Gasteiger partial charge in [0.1, 0.15) is 11.9 Å². The summed E-state index contributed by atoms with van der Waals surface area (Å²) in [6.45, 7) is 14.3. The summed E-state index contributed by atoms with van der Waals surface area (Å²) in [6, 6.07) is 7.26. The topological polar surface area (TPSA) is 40.1 Å². The number of nitrogens with zero attached hydrogens (tertiary/aromatic N) is 3. The Labute approximate surface area is 198 Å². The molecule has 0 spiro atoms. The lowest BCUT2D eigenvalue weighted by molar-refractivity contribution is -0.0605. The van der Waals surface area contributed by atoms with Gasteiger partial charge in [-0.05, 0) is 70.7 Å². The predicted molar refractivity (Wildman–Crippen MR) is 132 cm³/mol. The van der Waals surface area contributed by atoms with Gasteiger partial charge in [0, 0.05) is 32.2 Å². The first kappa shape index (κ1) is 25.3. The van der Waals surface area contributed by atoms with E-state index in [2.05, 4.69) is 42.8 Å². The number of hydrogen-bond acceptors (Lipinski definition) is 3. The lowest BCUT2D eigenvalue weighted by Gasteiger charge is -2.39. The molecule has 7 heteroatoms. The molecular weight excluding hydrogens is 494 g/mol. The summed E-state index contributed by atoms with van der Waals surface area (Å²) >= 11 is 0. The van der Waals surface area contributed by atoms with Crippen LogP contribution in [0.5, 0.6) is 0 Å². The van der Waals surface area contributed by atoms with Crippen molar-refractivity contribution in [2.24, 2.45) is 10.9 Å². The molecule has 0 amide bonds. The second-order valence-electron chi connectivity index (χ2n) is 8.68. The zero-order valence-corrected chi connectivity index (χ0v) is 21.1. The van der Waals surface area contributed by atoms with Crippen LogP contribution in [0.3, 0.4) is 0 Å². The maximum Gasteiger partial charge on any atom is 0.194 e. The lowest BCUT2D eigenvalue weighted by atomic mass is 9.97. The summed E-state index contributed by atoms with van der Waals surface area (Å²) in [7, 11) is 0. The van der Waals surface area contributed by atoms with Crippen molar-refractivity contribution in [2.75, 3.05) is 39.3 Å². The Morgan fingerprint density at radius 3 is 2.63 bits per heavy atom. The van der Waals surface area contributed by atoms with Crippen LogP contribution in [0, 0.1) is 11.7 Å². The minimum atomic E-state index is -0.215. The maximum absolute atomic E-state index is 13.3. The molecule has 5 nitrogen and oxygen atoms in total. The number of ether oxygens (including phenoxy) is 1. The molecule has 30 heavy (non-hydrogen) atoms. The van der Waals surface area contributed by atoms with Crippen molar-refractivity contribution >= 4 is 29.9 Å². The number of hydrogen-bond donors (Lipinski definition) is 1. The van der Waals surface area contributed by atoms with Gasteiger partial charge in [0.05, 0.1) is 12.6 Å². The number of nitrogens with one attached hydrogen (secondary N) is 1. The molecule has 2 aliphatic heterocycles. The van der Waals surface area contributed by atoms with E-state index in [4.69, 9.17) is 9.73 Å². The Hall–Kier alpha value is -0.930. The van der Waals surface area contributed by atoms with Crippen LogP contribution in [0.1, 0.15) is 52.2 Å². The molecule has 3 rings (SSSR count). The number of morpholine rings is 1. The number of likely N-dealkylation sites (tertiary alicyclic amines) is 1. The normalized spacial score (nSPS) is 25.9. The fraction of sp³-hybridized carbons (Fsp3) is 0.696. The molecule has 3 atom stereocenters. The standard InChI is InChI=1S/C23H37FN4O.HI/c1-5-25-23(26-13-19-7-6-12-27(15-19)17(2)3)28-14-18(4)29-22(16-28)20-8-10-21(24)11-9-20;/h8-11,17-19,22H,5-7,12-16H2,1-4H3,(H,25,26);1H. The summed E-state index contributed by atoms with van der Waals surface area (Å²) in [6.07, 6.45) is 2.53. The molecule has 2 aliphatic rings. The van der Waals surface area contributed by atoms with E-state index in [0.29, 0.717) is 12.0 Å². The number of rotatable bonds is 5. The lowest BCUT2D eigenvalue weighted by Crippen LogP contribution is -2.51. The molecular formula is C23H38FIN4O. The second kappa shape index (κ2) is 12.2. The van der Waals surface area contributed by atoms with E-state index in [9.17, 15) is 4.39 Å².